The summed E-state index contributed by atoms with van der Waals surface area (Å²) in [5, 5.41) is 0. The molecule has 0 bridgehead atoms. The molecule has 2 aromatic carbocycles. The van der Waals surface area contributed by atoms with Gasteiger partial charge in [0.25, 0.3) is 0 Å². The molecule has 1 aliphatic heterocycles. The van der Waals surface area contributed by atoms with Crippen LogP contribution >= 0.6 is 0 Å². The van der Waals surface area contributed by atoms with E-state index < -0.39 is 5.54 Å². The van der Waals surface area contributed by atoms with Gasteiger partial charge in [-0.1, -0.05) is 64.8 Å². The predicted octanol–water partition coefficient (Wildman–Crippen LogP) is 6.42. The number of carbonyl (C=O) groups is 1. The van der Waals surface area contributed by atoms with Gasteiger partial charge in [-0.2, -0.15) is 0 Å². The number of anilines is 1. The van der Waals surface area contributed by atoms with Gasteiger partial charge in [-0.15, -0.1) is 0 Å². The molecule has 1 heterocycles. The highest BCUT2D eigenvalue weighted by Gasteiger charge is 2.41. The normalized spacial score (nSPS) is 16.0. The lowest BCUT2D eigenvalue weighted by molar-refractivity contribution is 0.0578. The van der Waals surface area contributed by atoms with Crippen LogP contribution in [0, 0.1) is 5.92 Å². The highest BCUT2D eigenvalue weighted by atomic mass is 16.5. The fraction of sp³-hybridized carbons (Fsp3) is 0.581. The summed E-state index contributed by atoms with van der Waals surface area (Å²) in [6, 6.07) is 17.3. The minimum Gasteiger partial charge on any atom is -0.378 e. The SMILES string of the molecule is CCCCN(C)C(CCC)(Cc1ccc(CC(C)C)cc1)C(=O)c1ccc(N2CCOCC2)cc1. The second kappa shape index (κ2) is 13.2. The zero-order valence-electron chi connectivity index (χ0n) is 22.7. The topological polar surface area (TPSA) is 32.8 Å². The van der Waals surface area contributed by atoms with Crippen molar-refractivity contribution in [1.82, 2.24) is 4.90 Å². The van der Waals surface area contributed by atoms with Crippen molar-refractivity contribution in [3.05, 3.63) is 65.2 Å². The molecule has 2 aromatic rings. The van der Waals surface area contributed by atoms with Gasteiger partial charge in [0, 0.05) is 24.3 Å². The molecule has 1 atom stereocenters. The van der Waals surface area contributed by atoms with Crippen molar-refractivity contribution in [3.63, 3.8) is 0 Å². The average Bonchev–Trinajstić information content (AvgIpc) is 2.88. The van der Waals surface area contributed by atoms with Gasteiger partial charge in [-0.3, -0.25) is 9.69 Å². The Morgan fingerprint density at radius 1 is 0.971 bits per heavy atom. The number of benzene rings is 2. The van der Waals surface area contributed by atoms with Crippen LogP contribution in [-0.2, 0) is 17.6 Å². The molecule has 0 saturated carbocycles. The molecule has 0 spiro atoms. The third-order valence-electron chi connectivity index (χ3n) is 7.33. The number of rotatable bonds is 13. The van der Waals surface area contributed by atoms with Crippen LogP contribution in [0.5, 0.6) is 0 Å². The number of ether oxygens (including phenoxy) is 1. The Morgan fingerprint density at radius 2 is 1.60 bits per heavy atom. The minimum absolute atomic E-state index is 0.248. The summed E-state index contributed by atoms with van der Waals surface area (Å²) in [7, 11) is 2.15. The molecule has 4 nitrogen and oxygen atoms in total. The number of unbranched alkanes of at least 4 members (excludes halogenated alkanes) is 1. The number of nitrogens with zero attached hydrogens (tertiary/aromatic N) is 2. The van der Waals surface area contributed by atoms with Gasteiger partial charge in [-0.05, 0) is 80.6 Å². The second-order valence-corrected chi connectivity index (χ2v) is 10.6. The zero-order valence-corrected chi connectivity index (χ0v) is 22.7. The summed E-state index contributed by atoms with van der Waals surface area (Å²) in [5.41, 5.74) is 4.06. The molecule has 0 aliphatic carbocycles. The fourth-order valence-corrected chi connectivity index (χ4v) is 5.32. The smallest absolute Gasteiger partial charge is 0.183 e. The van der Waals surface area contributed by atoms with E-state index in [1.54, 1.807) is 0 Å². The van der Waals surface area contributed by atoms with Gasteiger partial charge in [0.05, 0.1) is 18.8 Å². The third kappa shape index (κ3) is 7.17. The minimum atomic E-state index is -0.538. The van der Waals surface area contributed by atoms with E-state index in [4.69, 9.17) is 4.74 Å². The molecule has 4 heteroatoms. The molecule has 0 N–H and O–H groups in total. The highest BCUT2D eigenvalue weighted by Crippen LogP contribution is 2.31. The summed E-state index contributed by atoms with van der Waals surface area (Å²) in [5.74, 6) is 0.889. The van der Waals surface area contributed by atoms with Gasteiger partial charge in [0.1, 0.15) is 0 Å². The van der Waals surface area contributed by atoms with E-state index in [1.165, 1.54) is 16.8 Å². The Morgan fingerprint density at radius 3 is 2.17 bits per heavy atom. The van der Waals surface area contributed by atoms with E-state index in [1.807, 2.05) is 12.1 Å². The first kappa shape index (κ1) is 27.4. The molecule has 1 unspecified atom stereocenters. The van der Waals surface area contributed by atoms with Crippen molar-refractivity contribution in [2.75, 3.05) is 44.8 Å². The molecule has 0 radical (unpaired) electrons. The van der Waals surface area contributed by atoms with Gasteiger partial charge >= 0.3 is 0 Å². The van der Waals surface area contributed by atoms with Crippen molar-refractivity contribution < 1.29 is 9.53 Å². The number of likely N-dealkylation sites (N-methyl/N-ethyl adjacent to an activating group) is 1. The van der Waals surface area contributed by atoms with Crippen molar-refractivity contribution in [2.24, 2.45) is 5.92 Å². The fourth-order valence-electron chi connectivity index (χ4n) is 5.32. The van der Waals surface area contributed by atoms with Crippen LogP contribution in [0.3, 0.4) is 0 Å². The van der Waals surface area contributed by atoms with Crippen LogP contribution in [-0.4, -0.2) is 56.1 Å². The zero-order chi connectivity index (χ0) is 25.3. The molecule has 192 valence electrons. The first-order valence-corrected chi connectivity index (χ1v) is 13.7. The van der Waals surface area contributed by atoms with Crippen LogP contribution in [0.15, 0.2) is 48.5 Å². The molecular formula is C31H46N2O2. The third-order valence-corrected chi connectivity index (χ3v) is 7.33. The lowest BCUT2D eigenvalue weighted by atomic mass is 9.78. The van der Waals surface area contributed by atoms with Crippen molar-refractivity contribution in [1.29, 1.82) is 0 Å². The van der Waals surface area contributed by atoms with Crippen LogP contribution in [0.1, 0.15) is 74.9 Å². The standard InChI is InChI=1S/C31H46N2O2/c1-6-8-18-32(5)31(17-7-2,24-27-11-9-26(10-12-27)23-25(3)4)30(34)28-13-15-29(16-14-28)33-19-21-35-22-20-33/h9-16,25H,6-8,17-24H2,1-5H3. The highest BCUT2D eigenvalue weighted by molar-refractivity contribution is 6.03. The Bertz CT molecular complexity index is 901. The Labute approximate surface area is 213 Å². The van der Waals surface area contributed by atoms with Crippen molar-refractivity contribution >= 4 is 11.5 Å². The van der Waals surface area contributed by atoms with Crippen LogP contribution < -0.4 is 4.90 Å². The number of morpholine rings is 1. The molecule has 1 fully saturated rings. The Kier molecular flexibility index (Phi) is 10.4. The number of hydrogen-bond acceptors (Lipinski definition) is 4. The molecule has 35 heavy (non-hydrogen) atoms. The second-order valence-electron chi connectivity index (χ2n) is 10.6. The van der Waals surface area contributed by atoms with E-state index in [2.05, 4.69) is 80.9 Å². The lowest BCUT2D eigenvalue weighted by Crippen LogP contribution is -2.55. The van der Waals surface area contributed by atoms with Crippen LogP contribution in [0.2, 0.25) is 0 Å². The summed E-state index contributed by atoms with van der Waals surface area (Å²) >= 11 is 0. The predicted molar refractivity (Wildman–Crippen MR) is 148 cm³/mol. The Balaban J connectivity index is 1.90. The van der Waals surface area contributed by atoms with Crippen LogP contribution in [0.4, 0.5) is 5.69 Å². The van der Waals surface area contributed by atoms with Gasteiger partial charge in [0.15, 0.2) is 5.78 Å². The molecule has 0 amide bonds. The maximum absolute atomic E-state index is 14.3. The maximum atomic E-state index is 14.3. The van der Waals surface area contributed by atoms with E-state index in [9.17, 15) is 4.79 Å². The molecule has 3 rings (SSSR count). The number of ketones is 1. The van der Waals surface area contributed by atoms with Gasteiger partial charge in [-0.25, -0.2) is 0 Å². The first-order chi connectivity index (χ1) is 16.9. The molecule has 0 aromatic heterocycles. The first-order valence-electron chi connectivity index (χ1n) is 13.7. The number of carbonyl (C=O) groups excluding carboxylic acids is 1. The van der Waals surface area contributed by atoms with Crippen molar-refractivity contribution in [3.8, 4) is 0 Å². The monoisotopic (exact) mass is 478 g/mol. The lowest BCUT2D eigenvalue weighted by Gasteiger charge is -2.41. The maximum Gasteiger partial charge on any atom is 0.183 e. The average molecular weight is 479 g/mol. The molecular weight excluding hydrogens is 432 g/mol. The number of hydrogen-bond donors (Lipinski definition) is 0. The Hall–Kier alpha value is -2.17. The number of Topliss-reactive ketones (excluding diaryl/α,β-unsaturated/α-hetero) is 1. The molecule has 1 aliphatic rings. The summed E-state index contributed by atoms with van der Waals surface area (Å²) in [6.45, 7) is 13.2. The largest absolute Gasteiger partial charge is 0.378 e. The summed E-state index contributed by atoms with van der Waals surface area (Å²) < 4.78 is 5.49. The summed E-state index contributed by atoms with van der Waals surface area (Å²) in [4.78, 5) is 19.0. The molecule has 1 saturated heterocycles. The van der Waals surface area contributed by atoms with E-state index in [0.717, 1.165) is 76.9 Å². The van der Waals surface area contributed by atoms with Gasteiger partial charge in [0.2, 0.25) is 0 Å². The van der Waals surface area contributed by atoms with E-state index >= 15 is 0 Å². The van der Waals surface area contributed by atoms with E-state index in [0.29, 0.717) is 5.92 Å². The summed E-state index contributed by atoms with van der Waals surface area (Å²) in [6.07, 6.45) is 5.88. The quantitative estimate of drug-likeness (QED) is 0.311. The van der Waals surface area contributed by atoms with Crippen LogP contribution in [0.25, 0.3) is 0 Å². The van der Waals surface area contributed by atoms with E-state index in [-0.39, 0.29) is 5.78 Å². The van der Waals surface area contributed by atoms with Crippen molar-refractivity contribution in [2.45, 2.75) is 71.8 Å². The van der Waals surface area contributed by atoms with Gasteiger partial charge < -0.3 is 9.64 Å².